The molecule has 2 aliphatic rings. The molecule has 1 heterocycles. The zero-order valence-electron chi connectivity index (χ0n) is 15.5. The third-order valence-electron chi connectivity index (χ3n) is 5.53. The molecular formula is C21H27ClN2O2. The fourth-order valence-corrected chi connectivity index (χ4v) is 4.19. The minimum Gasteiger partial charge on any atom is -0.299 e. The third kappa shape index (κ3) is 4.56. The summed E-state index contributed by atoms with van der Waals surface area (Å²) < 4.78 is 0. The molecule has 3 unspecified atom stereocenters. The average molecular weight is 375 g/mol. The quantitative estimate of drug-likeness (QED) is 0.734. The van der Waals surface area contributed by atoms with Crippen molar-refractivity contribution in [3.8, 4) is 0 Å². The van der Waals surface area contributed by atoms with Crippen molar-refractivity contribution in [3.63, 3.8) is 0 Å². The lowest BCUT2D eigenvalue weighted by Gasteiger charge is -2.42. The van der Waals surface area contributed by atoms with Crippen LogP contribution in [0.5, 0.6) is 0 Å². The largest absolute Gasteiger partial charge is 0.299 e. The van der Waals surface area contributed by atoms with E-state index in [2.05, 4.69) is 41.3 Å². The van der Waals surface area contributed by atoms with E-state index in [1.807, 2.05) is 12.1 Å². The van der Waals surface area contributed by atoms with Crippen LogP contribution in [0.15, 0.2) is 53.6 Å². The molecule has 0 saturated carbocycles. The summed E-state index contributed by atoms with van der Waals surface area (Å²) in [4.78, 5) is 20.5. The highest BCUT2D eigenvalue weighted by Gasteiger charge is 2.39. The number of hydrogen-bond donors (Lipinski definition) is 0. The number of halogens is 1. The molecule has 0 N–H and O–H groups in total. The molecule has 140 valence electrons. The molecular weight excluding hydrogens is 348 g/mol. The lowest BCUT2D eigenvalue weighted by atomic mass is 9.74. The summed E-state index contributed by atoms with van der Waals surface area (Å²) in [6.07, 6.45) is 7.94. The first-order valence-corrected chi connectivity index (χ1v) is 9.58. The monoisotopic (exact) mass is 374 g/mol. The number of amides is 1. The second-order valence-corrected chi connectivity index (χ2v) is 7.58. The van der Waals surface area contributed by atoms with E-state index in [1.54, 1.807) is 14.2 Å². The molecule has 5 heteroatoms. The van der Waals surface area contributed by atoms with Gasteiger partial charge in [0.1, 0.15) is 0 Å². The number of rotatable bonds is 5. The van der Waals surface area contributed by atoms with Crippen LogP contribution >= 0.6 is 11.6 Å². The van der Waals surface area contributed by atoms with Gasteiger partial charge in [0.15, 0.2) is 0 Å². The summed E-state index contributed by atoms with van der Waals surface area (Å²) in [5.74, 6) is 0.642. The highest BCUT2D eigenvalue weighted by Crippen LogP contribution is 2.36. The molecule has 1 fully saturated rings. The highest BCUT2D eigenvalue weighted by atomic mass is 35.5. The Balaban J connectivity index is 1.75. The number of nitrogens with zero attached hydrogens (tertiary/aromatic N) is 2. The Morgan fingerprint density at radius 3 is 2.77 bits per heavy atom. The van der Waals surface area contributed by atoms with Gasteiger partial charge in [-0.15, -0.1) is 0 Å². The Hall–Kier alpha value is -1.62. The Bertz CT molecular complexity index is 674. The molecule has 3 rings (SSSR count). The van der Waals surface area contributed by atoms with Gasteiger partial charge in [-0.05, 0) is 42.9 Å². The summed E-state index contributed by atoms with van der Waals surface area (Å²) in [6, 6.07) is 10.5. The van der Waals surface area contributed by atoms with Gasteiger partial charge >= 0.3 is 0 Å². The fourth-order valence-electron chi connectivity index (χ4n) is 4.03. The number of hydroxylamine groups is 2. The smallest absolute Gasteiger partial charge is 0.249 e. The van der Waals surface area contributed by atoms with Gasteiger partial charge in [0.2, 0.25) is 5.91 Å². The number of piperidine rings is 1. The van der Waals surface area contributed by atoms with E-state index >= 15 is 0 Å². The normalized spacial score (nSPS) is 26.4. The van der Waals surface area contributed by atoms with Gasteiger partial charge in [0.25, 0.3) is 0 Å². The lowest BCUT2D eigenvalue weighted by molar-refractivity contribution is -0.178. The van der Waals surface area contributed by atoms with Crippen molar-refractivity contribution in [2.75, 3.05) is 27.2 Å². The van der Waals surface area contributed by atoms with Crippen LogP contribution in [-0.2, 0) is 16.2 Å². The summed E-state index contributed by atoms with van der Waals surface area (Å²) in [6.45, 7) is 2.75. The van der Waals surface area contributed by atoms with Gasteiger partial charge in [-0.1, -0.05) is 54.1 Å². The van der Waals surface area contributed by atoms with Crippen LogP contribution in [0.25, 0.3) is 0 Å². The maximum Gasteiger partial charge on any atom is 0.249 e. The highest BCUT2D eigenvalue weighted by molar-refractivity contribution is 6.31. The molecule has 3 atom stereocenters. The molecule has 0 aromatic heterocycles. The summed E-state index contributed by atoms with van der Waals surface area (Å²) in [5, 5.41) is 2.16. The van der Waals surface area contributed by atoms with Crippen LogP contribution in [0.1, 0.15) is 18.4 Å². The Morgan fingerprint density at radius 2 is 2.12 bits per heavy atom. The summed E-state index contributed by atoms with van der Waals surface area (Å²) in [7, 11) is 3.24. The van der Waals surface area contributed by atoms with E-state index in [-0.39, 0.29) is 17.7 Å². The molecule has 1 saturated heterocycles. The van der Waals surface area contributed by atoms with Crippen molar-refractivity contribution >= 4 is 17.5 Å². The fraction of sp³-hybridized carbons (Fsp3) is 0.476. The summed E-state index contributed by atoms with van der Waals surface area (Å²) in [5.41, 5.74) is 1.31. The second-order valence-electron chi connectivity index (χ2n) is 7.15. The number of benzene rings is 1. The van der Waals surface area contributed by atoms with E-state index in [0.29, 0.717) is 5.92 Å². The van der Waals surface area contributed by atoms with Gasteiger partial charge in [-0.25, -0.2) is 5.06 Å². The number of allylic oxidation sites excluding steroid dienone is 4. The molecule has 0 spiro atoms. The van der Waals surface area contributed by atoms with E-state index in [9.17, 15) is 4.79 Å². The zero-order valence-corrected chi connectivity index (χ0v) is 16.2. The first-order chi connectivity index (χ1) is 12.6. The zero-order chi connectivity index (χ0) is 18.5. The minimum absolute atomic E-state index is 0.0214. The topological polar surface area (TPSA) is 32.8 Å². The maximum atomic E-state index is 12.8. The molecule has 1 aromatic carbocycles. The Morgan fingerprint density at radius 1 is 1.35 bits per heavy atom. The molecule has 26 heavy (non-hydrogen) atoms. The predicted octanol–water partition coefficient (Wildman–Crippen LogP) is 3.84. The number of likely N-dealkylation sites (tertiary alicyclic amines) is 1. The number of carbonyl (C=O) groups excluding carboxylic acids is 1. The average Bonchev–Trinajstić information content (AvgIpc) is 2.68. The first kappa shape index (κ1) is 19.2. The van der Waals surface area contributed by atoms with Crippen LogP contribution < -0.4 is 0 Å². The maximum absolute atomic E-state index is 12.8. The van der Waals surface area contributed by atoms with Crippen LogP contribution in [-0.4, -0.2) is 43.1 Å². The van der Waals surface area contributed by atoms with Crippen molar-refractivity contribution in [2.45, 2.75) is 19.4 Å². The molecule has 1 aliphatic carbocycles. The van der Waals surface area contributed by atoms with Crippen molar-refractivity contribution in [1.29, 1.82) is 0 Å². The van der Waals surface area contributed by atoms with Crippen molar-refractivity contribution in [2.24, 2.45) is 17.8 Å². The molecule has 0 radical (unpaired) electrons. The Kier molecular flexibility index (Phi) is 6.52. The SMILES string of the molecule is CON(C)C(=O)C1CCN(Cc2ccccc2)CC1C1C=CC(Cl)=CC1. The molecule has 4 nitrogen and oxygen atoms in total. The van der Waals surface area contributed by atoms with Gasteiger partial charge in [0, 0.05) is 31.1 Å². The molecule has 1 aliphatic heterocycles. The van der Waals surface area contributed by atoms with Crippen LogP contribution in [0.4, 0.5) is 0 Å². The number of carbonyl (C=O) groups is 1. The van der Waals surface area contributed by atoms with Gasteiger partial charge in [-0.3, -0.25) is 14.5 Å². The minimum atomic E-state index is -0.0214. The van der Waals surface area contributed by atoms with E-state index in [0.717, 1.165) is 37.5 Å². The van der Waals surface area contributed by atoms with E-state index < -0.39 is 0 Å². The predicted molar refractivity (Wildman–Crippen MR) is 104 cm³/mol. The van der Waals surface area contributed by atoms with Crippen LogP contribution in [0.3, 0.4) is 0 Å². The summed E-state index contributed by atoms with van der Waals surface area (Å²) >= 11 is 6.10. The lowest BCUT2D eigenvalue weighted by Crippen LogP contribution is -2.48. The van der Waals surface area contributed by atoms with Gasteiger partial charge in [-0.2, -0.15) is 0 Å². The van der Waals surface area contributed by atoms with E-state index in [4.69, 9.17) is 16.4 Å². The van der Waals surface area contributed by atoms with Crippen molar-refractivity contribution in [1.82, 2.24) is 9.96 Å². The Labute approximate surface area is 161 Å². The van der Waals surface area contributed by atoms with E-state index in [1.165, 1.54) is 10.6 Å². The van der Waals surface area contributed by atoms with Crippen molar-refractivity contribution < 1.29 is 9.63 Å². The molecule has 1 aromatic rings. The van der Waals surface area contributed by atoms with Gasteiger partial charge < -0.3 is 0 Å². The third-order valence-corrected chi connectivity index (χ3v) is 5.81. The number of hydrogen-bond acceptors (Lipinski definition) is 3. The first-order valence-electron chi connectivity index (χ1n) is 9.20. The molecule has 0 bridgehead atoms. The second kappa shape index (κ2) is 8.85. The van der Waals surface area contributed by atoms with Crippen LogP contribution in [0, 0.1) is 17.8 Å². The standard InChI is InChI=1S/C21H27ClN2O2/c1-23(26-2)21(25)19-12-13-24(14-16-6-4-3-5-7-16)15-20(19)17-8-10-18(22)11-9-17/h3-8,10-11,17,19-20H,9,12-15H2,1-2H3. The molecule has 1 amide bonds. The van der Waals surface area contributed by atoms with Crippen molar-refractivity contribution in [3.05, 3.63) is 59.2 Å². The van der Waals surface area contributed by atoms with Crippen LogP contribution in [0.2, 0.25) is 0 Å². The van der Waals surface area contributed by atoms with Gasteiger partial charge in [0.05, 0.1) is 7.11 Å².